The van der Waals surface area contributed by atoms with Crippen LogP contribution in [0.1, 0.15) is 27.7 Å². The molecule has 2 aromatic carbocycles. The van der Waals surface area contributed by atoms with Gasteiger partial charge in [0.1, 0.15) is 5.75 Å². The largest absolute Gasteiger partial charge is 0.435 e. The first-order chi connectivity index (χ1) is 16.2. The molecule has 1 amide bonds. The van der Waals surface area contributed by atoms with Gasteiger partial charge >= 0.3 is 6.61 Å². The summed E-state index contributed by atoms with van der Waals surface area (Å²) < 4.78 is 30.9. The number of amides is 1. The molecule has 34 heavy (non-hydrogen) atoms. The molecule has 0 bridgehead atoms. The molecule has 1 aromatic heterocycles. The number of carbonyl (C=O) groups is 1. The molecule has 6 nitrogen and oxygen atoms in total. The van der Waals surface area contributed by atoms with Crippen molar-refractivity contribution >= 4 is 28.6 Å². The number of aromatic nitrogens is 2. The van der Waals surface area contributed by atoms with Crippen LogP contribution in [0.5, 0.6) is 5.75 Å². The minimum Gasteiger partial charge on any atom is -0.435 e. The highest BCUT2D eigenvalue weighted by molar-refractivity contribution is 7.99. The summed E-state index contributed by atoms with van der Waals surface area (Å²) in [6.45, 7) is 6.64. The molecule has 0 spiro atoms. The maximum absolute atomic E-state index is 13.3. The number of carbonyl (C=O) groups excluding carboxylic acids is 1. The molecule has 0 radical (unpaired) electrons. The molecule has 3 rings (SSSR count). The van der Waals surface area contributed by atoms with E-state index in [1.54, 1.807) is 24.3 Å². The quantitative estimate of drug-likeness (QED) is 0.289. The summed E-state index contributed by atoms with van der Waals surface area (Å²) >= 11 is 1.19. The molecular weight excluding hydrogens is 460 g/mol. The standard InChI is InChI=1S/C25H29F2N3O3S/c1-16(2)13-29(14-17(3)4)22(31)15-34-25-28-21-8-6-5-7-20(21)23(32)30(25)18-9-11-19(12-10-18)33-24(26)27/h5-12,16-17,24H,13-15H2,1-4H3. The van der Waals surface area contributed by atoms with Gasteiger partial charge in [-0.1, -0.05) is 51.6 Å². The molecule has 0 saturated heterocycles. The van der Waals surface area contributed by atoms with E-state index in [0.717, 1.165) is 0 Å². The lowest BCUT2D eigenvalue weighted by Gasteiger charge is -2.26. The zero-order valence-corrected chi connectivity index (χ0v) is 20.5. The predicted molar refractivity (Wildman–Crippen MR) is 131 cm³/mol. The van der Waals surface area contributed by atoms with Crippen LogP contribution in [0.4, 0.5) is 8.78 Å². The second-order valence-electron chi connectivity index (χ2n) is 8.80. The van der Waals surface area contributed by atoms with Crippen molar-refractivity contribution in [3.63, 3.8) is 0 Å². The van der Waals surface area contributed by atoms with Crippen LogP contribution in [-0.2, 0) is 4.79 Å². The highest BCUT2D eigenvalue weighted by Crippen LogP contribution is 2.24. The molecule has 0 saturated carbocycles. The third-order valence-corrected chi connectivity index (χ3v) is 5.84. The predicted octanol–water partition coefficient (Wildman–Crippen LogP) is 5.22. The average molecular weight is 490 g/mol. The summed E-state index contributed by atoms with van der Waals surface area (Å²) in [6.07, 6.45) is 0. The lowest BCUT2D eigenvalue weighted by molar-refractivity contribution is -0.129. The van der Waals surface area contributed by atoms with Crippen molar-refractivity contribution in [1.82, 2.24) is 14.5 Å². The van der Waals surface area contributed by atoms with E-state index in [2.05, 4.69) is 37.4 Å². The number of halogens is 2. The Hall–Kier alpha value is -2.94. The molecule has 0 aliphatic carbocycles. The fourth-order valence-electron chi connectivity index (χ4n) is 3.59. The van der Waals surface area contributed by atoms with Gasteiger partial charge in [0.2, 0.25) is 5.91 Å². The van der Waals surface area contributed by atoms with E-state index in [-0.39, 0.29) is 23.0 Å². The van der Waals surface area contributed by atoms with E-state index in [9.17, 15) is 18.4 Å². The molecule has 0 aliphatic heterocycles. The zero-order valence-electron chi connectivity index (χ0n) is 19.7. The van der Waals surface area contributed by atoms with Gasteiger partial charge in [0, 0.05) is 13.1 Å². The highest BCUT2D eigenvalue weighted by Gasteiger charge is 2.19. The van der Waals surface area contributed by atoms with E-state index in [1.165, 1.54) is 40.6 Å². The van der Waals surface area contributed by atoms with E-state index >= 15 is 0 Å². The molecule has 0 fully saturated rings. The first kappa shape index (κ1) is 25.7. The van der Waals surface area contributed by atoms with Gasteiger partial charge in [-0.25, -0.2) is 4.98 Å². The maximum Gasteiger partial charge on any atom is 0.387 e. The lowest BCUT2D eigenvalue weighted by Crippen LogP contribution is -2.38. The number of ether oxygens (including phenoxy) is 1. The number of nitrogens with zero attached hydrogens (tertiary/aromatic N) is 3. The average Bonchev–Trinajstić information content (AvgIpc) is 2.77. The van der Waals surface area contributed by atoms with Crippen molar-refractivity contribution in [2.45, 2.75) is 39.5 Å². The van der Waals surface area contributed by atoms with Crippen molar-refractivity contribution in [3.05, 3.63) is 58.9 Å². The third-order valence-electron chi connectivity index (χ3n) is 4.91. The van der Waals surface area contributed by atoms with Crippen LogP contribution in [0, 0.1) is 11.8 Å². The second kappa shape index (κ2) is 11.5. The Balaban J connectivity index is 1.96. The first-order valence-corrected chi connectivity index (χ1v) is 12.1. The van der Waals surface area contributed by atoms with Crippen molar-refractivity contribution in [2.24, 2.45) is 11.8 Å². The van der Waals surface area contributed by atoms with Crippen molar-refractivity contribution < 1.29 is 18.3 Å². The molecule has 1 heterocycles. The fourth-order valence-corrected chi connectivity index (χ4v) is 4.51. The monoisotopic (exact) mass is 489 g/mol. The fraction of sp³-hybridized carbons (Fsp3) is 0.400. The summed E-state index contributed by atoms with van der Waals surface area (Å²) in [5.41, 5.74) is 0.669. The Kier molecular flexibility index (Phi) is 8.66. The Bertz CT molecular complexity index is 1170. The highest BCUT2D eigenvalue weighted by atomic mass is 32.2. The van der Waals surface area contributed by atoms with Crippen LogP contribution < -0.4 is 10.3 Å². The van der Waals surface area contributed by atoms with Crippen LogP contribution in [0.3, 0.4) is 0 Å². The minimum absolute atomic E-state index is 0.0112. The molecule has 0 atom stereocenters. The summed E-state index contributed by atoms with van der Waals surface area (Å²) in [7, 11) is 0. The Morgan fingerprint density at radius 3 is 2.24 bits per heavy atom. The normalized spacial score (nSPS) is 11.6. The number of hydrogen-bond acceptors (Lipinski definition) is 5. The molecule has 0 unspecified atom stereocenters. The van der Waals surface area contributed by atoms with Crippen molar-refractivity contribution in [1.29, 1.82) is 0 Å². The van der Waals surface area contributed by atoms with Gasteiger partial charge in [-0.15, -0.1) is 0 Å². The Labute approximate surface area is 201 Å². The van der Waals surface area contributed by atoms with Gasteiger partial charge in [0.25, 0.3) is 5.56 Å². The number of fused-ring (bicyclic) bond motifs is 1. The number of para-hydroxylation sites is 1. The Morgan fingerprint density at radius 1 is 1.03 bits per heavy atom. The van der Waals surface area contributed by atoms with Gasteiger partial charge in [-0.2, -0.15) is 8.78 Å². The smallest absolute Gasteiger partial charge is 0.387 e. The van der Waals surface area contributed by atoms with Crippen molar-refractivity contribution in [2.75, 3.05) is 18.8 Å². The molecule has 3 aromatic rings. The minimum atomic E-state index is -2.94. The van der Waals surface area contributed by atoms with Gasteiger partial charge in [-0.05, 0) is 48.2 Å². The maximum atomic E-state index is 13.3. The van der Waals surface area contributed by atoms with Gasteiger partial charge in [-0.3, -0.25) is 14.2 Å². The van der Waals surface area contributed by atoms with E-state index < -0.39 is 6.61 Å². The van der Waals surface area contributed by atoms with E-state index in [1.807, 2.05) is 4.90 Å². The van der Waals surface area contributed by atoms with Crippen LogP contribution in [0.2, 0.25) is 0 Å². The van der Waals surface area contributed by atoms with Crippen LogP contribution in [0.15, 0.2) is 58.5 Å². The summed E-state index contributed by atoms with van der Waals surface area (Å²) in [6, 6.07) is 12.8. The summed E-state index contributed by atoms with van der Waals surface area (Å²) in [5, 5.41) is 0.779. The molecule has 9 heteroatoms. The summed E-state index contributed by atoms with van der Waals surface area (Å²) in [5.74, 6) is 0.749. The third kappa shape index (κ3) is 6.56. The number of rotatable bonds is 10. The molecule has 0 aliphatic rings. The Morgan fingerprint density at radius 2 is 1.65 bits per heavy atom. The van der Waals surface area contributed by atoms with Gasteiger partial charge in [0.05, 0.1) is 22.3 Å². The number of thioether (sulfide) groups is 1. The number of alkyl halides is 2. The molecular formula is C25H29F2N3O3S. The van der Waals surface area contributed by atoms with E-state index in [4.69, 9.17) is 0 Å². The van der Waals surface area contributed by atoms with Gasteiger partial charge < -0.3 is 9.64 Å². The van der Waals surface area contributed by atoms with Crippen LogP contribution >= 0.6 is 11.8 Å². The van der Waals surface area contributed by atoms with Crippen LogP contribution in [0.25, 0.3) is 16.6 Å². The van der Waals surface area contributed by atoms with E-state index in [0.29, 0.717) is 46.7 Å². The first-order valence-electron chi connectivity index (χ1n) is 11.1. The van der Waals surface area contributed by atoms with Crippen LogP contribution in [-0.4, -0.2) is 45.8 Å². The molecule has 182 valence electrons. The van der Waals surface area contributed by atoms with Gasteiger partial charge in [0.15, 0.2) is 5.16 Å². The zero-order chi connectivity index (χ0) is 24.8. The van der Waals surface area contributed by atoms with Crippen molar-refractivity contribution in [3.8, 4) is 11.4 Å². The number of benzene rings is 2. The molecule has 0 N–H and O–H groups in total. The SMILES string of the molecule is CC(C)CN(CC(C)C)C(=O)CSc1nc2ccccc2c(=O)n1-c1ccc(OC(F)F)cc1. The summed E-state index contributed by atoms with van der Waals surface area (Å²) in [4.78, 5) is 32.9. The number of hydrogen-bond donors (Lipinski definition) is 0. The second-order valence-corrected chi connectivity index (χ2v) is 9.74. The lowest BCUT2D eigenvalue weighted by atomic mass is 10.1. The topological polar surface area (TPSA) is 64.4 Å².